The van der Waals surface area contributed by atoms with E-state index >= 15 is 4.39 Å². The first kappa shape index (κ1) is 20.8. The van der Waals surface area contributed by atoms with Crippen molar-refractivity contribution in [2.45, 2.75) is 37.7 Å². The van der Waals surface area contributed by atoms with Crippen molar-refractivity contribution in [2.75, 3.05) is 18.0 Å². The summed E-state index contributed by atoms with van der Waals surface area (Å²) in [6.07, 6.45) is 1.68. The highest BCUT2D eigenvalue weighted by Gasteiger charge is 2.43. The van der Waals surface area contributed by atoms with Crippen LogP contribution in [0.15, 0.2) is 28.7 Å². The minimum Gasteiger partial charge on any atom is -0.477 e. The van der Waals surface area contributed by atoms with E-state index in [1.54, 1.807) is 0 Å². The molecule has 1 aliphatic heterocycles. The molecule has 0 spiro atoms. The van der Waals surface area contributed by atoms with Crippen LogP contribution in [0.5, 0.6) is 5.75 Å². The van der Waals surface area contributed by atoms with E-state index < -0.39 is 53.3 Å². The second-order valence-electron chi connectivity index (χ2n) is 8.34. The number of carboxylic acids is 1. The summed E-state index contributed by atoms with van der Waals surface area (Å²) in [7, 11) is 0. The van der Waals surface area contributed by atoms with Crippen LogP contribution in [-0.2, 0) is 0 Å². The molecule has 0 bridgehead atoms. The van der Waals surface area contributed by atoms with Crippen LogP contribution in [0.25, 0.3) is 10.9 Å². The Balaban J connectivity index is 1.76. The van der Waals surface area contributed by atoms with Gasteiger partial charge >= 0.3 is 12.6 Å². The molecule has 1 aromatic heterocycles. The molecule has 3 aliphatic rings. The first-order valence-corrected chi connectivity index (χ1v) is 10.1. The summed E-state index contributed by atoms with van der Waals surface area (Å²) < 4.78 is 48.3. The number of halogens is 3. The molecule has 0 amide bonds. The summed E-state index contributed by atoms with van der Waals surface area (Å²) in [4.78, 5) is 25.7. The first-order valence-electron chi connectivity index (χ1n) is 10.1. The third kappa shape index (κ3) is 3.15. The van der Waals surface area contributed by atoms with Crippen LogP contribution in [0, 0.1) is 11.7 Å². The Labute approximate surface area is 178 Å². The van der Waals surface area contributed by atoms with Gasteiger partial charge < -0.3 is 29.5 Å². The molecule has 3 atom stereocenters. The van der Waals surface area contributed by atoms with Gasteiger partial charge in [0, 0.05) is 31.2 Å². The van der Waals surface area contributed by atoms with Crippen LogP contribution in [-0.4, -0.2) is 57.8 Å². The van der Waals surface area contributed by atoms with E-state index in [0.29, 0.717) is 18.4 Å². The van der Waals surface area contributed by atoms with Gasteiger partial charge in [0.05, 0.1) is 23.1 Å². The van der Waals surface area contributed by atoms with E-state index in [-0.39, 0.29) is 35.7 Å². The molecule has 170 valence electrons. The second-order valence-corrected chi connectivity index (χ2v) is 8.34. The summed E-state index contributed by atoms with van der Waals surface area (Å²) >= 11 is 0. The van der Waals surface area contributed by atoms with Crippen molar-refractivity contribution in [3.63, 3.8) is 0 Å². The fourth-order valence-electron chi connectivity index (χ4n) is 4.72. The summed E-state index contributed by atoms with van der Waals surface area (Å²) in [6.45, 7) is -3.20. The Morgan fingerprint density at radius 3 is 2.56 bits per heavy atom. The van der Waals surface area contributed by atoms with E-state index in [1.165, 1.54) is 15.5 Å². The number of carbonyl (C=O) groups is 1. The van der Waals surface area contributed by atoms with Crippen molar-refractivity contribution in [1.29, 1.82) is 0 Å². The smallest absolute Gasteiger partial charge is 0.387 e. The maximum atomic E-state index is 15.3. The Morgan fingerprint density at radius 1 is 1.25 bits per heavy atom. The quantitative estimate of drug-likeness (QED) is 0.594. The minimum absolute atomic E-state index is 0.0486. The van der Waals surface area contributed by atoms with Gasteiger partial charge in [-0.15, -0.1) is 0 Å². The van der Waals surface area contributed by atoms with Gasteiger partial charge in [-0.3, -0.25) is 4.79 Å². The summed E-state index contributed by atoms with van der Waals surface area (Å²) in [5, 5.41) is 29.0. The van der Waals surface area contributed by atoms with E-state index in [4.69, 9.17) is 4.74 Å². The highest BCUT2D eigenvalue weighted by Crippen LogP contribution is 2.46. The monoisotopic (exact) mass is 452 g/mol. The lowest BCUT2D eigenvalue weighted by Gasteiger charge is -2.26. The zero-order valence-corrected chi connectivity index (χ0v) is 16.5. The van der Waals surface area contributed by atoms with E-state index in [9.17, 15) is 33.7 Å². The standard InChI is InChI=1S/C21H19F3N2O6/c22-13-4-10-15(26(9-1-2-9)7-12(17(10)28)20(30)31)19(32-21(23)24)16(13)25-5-8-3-14(27)18(29)11(8)6-25/h3-4,7,9,11,14,18,21,27,29H,1-2,5-6H2,(H,30,31). The predicted octanol–water partition coefficient (Wildman–Crippen LogP) is 1.87. The van der Waals surface area contributed by atoms with Crippen molar-refractivity contribution >= 4 is 22.6 Å². The molecule has 2 fully saturated rings. The van der Waals surface area contributed by atoms with Crippen molar-refractivity contribution in [2.24, 2.45) is 5.92 Å². The number of hydrogen-bond donors (Lipinski definition) is 3. The Bertz CT molecular complexity index is 1220. The lowest BCUT2D eigenvalue weighted by atomic mass is 10.0. The molecule has 32 heavy (non-hydrogen) atoms. The van der Waals surface area contributed by atoms with Crippen molar-refractivity contribution in [1.82, 2.24) is 4.57 Å². The van der Waals surface area contributed by atoms with Gasteiger partial charge in [0.15, 0.2) is 11.6 Å². The topological polar surface area (TPSA) is 112 Å². The number of carboxylic acid groups (broad SMARTS) is 1. The largest absolute Gasteiger partial charge is 0.477 e. The summed E-state index contributed by atoms with van der Waals surface area (Å²) in [5.74, 6) is -3.57. The fraction of sp³-hybridized carbons (Fsp3) is 0.429. The number of aromatic nitrogens is 1. The number of benzene rings is 1. The number of nitrogens with zero attached hydrogens (tertiary/aromatic N) is 2. The van der Waals surface area contributed by atoms with Crippen LogP contribution in [0.3, 0.4) is 0 Å². The normalized spacial score (nSPS) is 24.9. The average Bonchev–Trinajstić information content (AvgIpc) is 3.42. The van der Waals surface area contributed by atoms with Gasteiger partial charge in [-0.1, -0.05) is 6.08 Å². The van der Waals surface area contributed by atoms with E-state index in [1.807, 2.05) is 0 Å². The molecule has 11 heteroatoms. The first-order chi connectivity index (χ1) is 15.2. The van der Waals surface area contributed by atoms with Gasteiger partial charge in [-0.25, -0.2) is 9.18 Å². The van der Waals surface area contributed by atoms with Crippen molar-refractivity contribution in [3.05, 3.63) is 45.5 Å². The van der Waals surface area contributed by atoms with Crippen LogP contribution in [0.1, 0.15) is 29.2 Å². The molecular formula is C21H19F3N2O6. The van der Waals surface area contributed by atoms with Gasteiger partial charge in [-0.05, 0) is 24.5 Å². The number of alkyl halides is 2. The number of rotatable bonds is 5. The zero-order valence-electron chi connectivity index (χ0n) is 16.5. The number of hydrogen-bond acceptors (Lipinski definition) is 6. The second kappa shape index (κ2) is 7.24. The Morgan fingerprint density at radius 2 is 1.97 bits per heavy atom. The predicted molar refractivity (Wildman–Crippen MR) is 106 cm³/mol. The van der Waals surface area contributed by atoms with E-state index in [2.05, 4.69) is 0 Å². The highest BCUT2D eigenvalue weighted by molar-refractivity contribution is 5.97. The van der Waals surface area contributed by atoms with E-state index in [0.717, 1.165) is 12.3 Å². The molecule has 3 unspecified atom stereocenters. The molecule has 0 radical (unpaired) electrons. The SMILES string of the molecule is O=C(O)c1cn(C2CC2)c2c(OC(F)F)c(N3CC4=CC(O)C(O)C4C3)c(F)cc2c1=O. The van der Waals surface area contributed by atoms with Crippen molar-refractivity contribution in [3.8, 4) is 5.75 Å². The fourth-order valence-corrected chi connectivity index (χ4v) is 4.72. The maximum Gasteiger partial charge on any atom is 0.387 e. The third-order valence-electron chi connectivity index (χ3n) is 6.31. The molecule has 8 nitrogen and oxygen atoms in total. The van der Waals surface area contributed by atoms with Gasteiger partial charge in [-0.2, -0.15) is 8.78 Å². The van der Waals surface area contributed by atoms with Crippen LogP contribution >= 0.6 is 0 Å². The lowest BCUT2D eigenvalue weighted by molar-refractivity contribution is -0.0488. The molecule has 1 saturated carbocycles. The Hall–Kier alpha value is -3.05. The maximum absolute atomic E-state index is 15.3. The Kier molecular flexibility index (Phi) is 4.71. The molecular weight excluding hydrogens is 433 g/mol. The number of aliphatic hydroxyl groups excluding tert-OH is 2. The number of aromatic carboxylic acids is 1. The van der Waals surface area contributed by atoms with Gasteiger partial charge in [0.1, 0.15) is 11.3 Å². The molecule has 2 aliphatic carbocycles. The number of pyridine rings is 1. The van der Waals surface area contributed by atoms with Gasteiger partial charge in [0.25, 0.3) is 0 Å². The molecule has 2 heterocycles. The third-order valence-corrected chi connectivity index (χ3v) is 6.31. The van der Waals surface area contributed by atoms with Crippen LogP contribution in [0.2, 0.25) is 0 Å². The molecule has 1 aromatic carbocycles. The minimum atomic E-state index is -3.32. The molecule has 3 N–H and O–H groups in total. The number of ether oxygens (including phenoxy) is 1. The van der Waals surface area contributed by atoms with Gasteiger partial charge in [0.2, 0.25) is 5.43 Å². The van der Waals surface area contributed by atoms with Crippen molar-refractivity contribution < 1.29 is 38.0 Å². The number of anilines is 1. The number of fused-ring (bicyclic) bond motifs is 2. The lowest BCUT2D eigenvalue weighted by Crippen LogP contribution is -2.32. The van der Waals surface area contributed by atoms with Crippen LogP contribution < -0.4 is 15.1 Å². The number of aliphatic hydroxyl groups is 2. The molecule has 2 aromatic rings. The summed E-state index contributed by atoms with van der Waals surface area (Å²) in [5.41, 5.74) is -1.32. The molecule has 1 saturated heterocycles. The average molecular weight is 452 g/mol. The zero-order chi connectivity index (χ0) is 22.9. The molecule has 5 rings (SSSR count). The van der Waals surface area contributed by atoms with Crippen LogP contribution in [0.4, 0.5) is 18.9 Å². The highest BCUT2D eigenvalue weighted by atomic mass is 19.3. The summed E-state index contributed by atoms with van der Waals surface area (Å²) in [6, 6.07) is 0.622.